The minimum Gasteiger partial charge on any atom is -0.338 e. The molecule has 3 heteroatoms. The van der Waals surface area contributed by atoms with Crippen molar-refractivity contribution >= 4 is 5.91 Å². The van der Waals surface area contributed by atoms with Crippen LogP contribution in [0.15, 0.2) is 48.6 Å². The zero-order valence-electron chi connectivity index (χ0n) is 10.6. The summed E-state index contributed by atoms with van der Waals surface area (Å²) in [5.41, 5.74) is 1.63. The van der Waals surface area contributed by atoms with E-state index in [0.29, 0.717) is 12.1 Å². The lowest BCUT2D eigenvalue weighted by Crippen LogP contribution is -2.24. The number of nitriles is 1. The van der Waals surface area contributed by atoms with Gasteiger partial charge in [0.05, 0.1) is 11.6 Å². The molecule has 0 aliphatic carbocycles. The molecule has 1 aromatic rings. The Morgan fingerprint density at radius 3 is 2.56 bits per heavy atom. The molecular formula is C15H16N2O. The first-order valence-electron chi connectivity index (χ1n) is 5.71. The summed E-state index contributed by atoms with van der Waals surface area (Å²) in [4.78, 5) is 13.3. The SMILES string of the molecule is C/C=C/C=C/C(=O)N(C)Cc1ccc(C#N)cc1. The van der Waals surface area contributed by atoms with E-state index in [0.717, 1.165) is 5.56 Å². The van der Waals surface area contributed by atoms with E-state index in [-0.39, 0.29) is 5.91 Å². The summed E-state index contributed by atoms with van der Waals surface area (Å²) >= 11 is 0. The third kappa shape index (κ3) is 4.26. The molecule has 92 valence electrons. The number of carbonyl (C=O) groups excluding carboxylic acids is 1. The highest BCUT2D eigenvalue weighted by Crippen LogP contribution is 2.06. The fraction of sp³-hybridized carbons (Fsp3) is 0.200. The fourth-order valence-electron chi connectivity index (χ4n) is 1.41. The largest absolute Gasteiger partial charge is 0.338 e. The summed E-state index contributed by atoms with van der Waals surface area (Å²) in [5.74, 6) is -0.0440. The number of rotatable bonds is 4. The maximum absolute atomic E-state index is 11.7. The van der Waals surface area contributed by atoms with E-state index >= 15 is 0 Å². The number of amides is 1. The molecule has 0 spiro atoms. The molecular weight excluding hydrogens is 224 g/mol. The number of hydrogen-bond acceptors (Lipinski definition) is 2. The van der Waals surface area contributed by atoms with Crippen LogP contribution in [0.2, 0.25) is 0 Å². The Morgan fingerprint density at radius 2 is 2.00 bits per heavy atom. The fourth-order valence-corrected chi connectivity index (χ4v) is 1.41. The summed E-state index contributed by atoms with van der Waals surface area (Å²) in [7, 11) is 1.75. The van der Waals surface area contributed by atoms with E-state index < -0.39 is 0 Å². The van der Waals surface area contributed by atoms with Crippen molar-refractivity contribution in [2.75, 3.05) is 7.05 Å². The van der Waals surface area contributed by atoms with Gasteiger partial charge in [0, 0.05) is 19.7 Å². The second kappa shape index (κ2) is 7.08. The van der Waals surface area contributed by atoms with Crippen molar-refractivity contribution < 1.29 is 4.79 Å². The summed E-state index contributed by atoms with van der Waals surface area (Å²) in [6.45, 7) is 2.43. The van der Waals surface area contributed by atoms with Crippen LogP contribution in [0.5, 0.6) is 0 Å². The Kier molecular flexibility index (Phi) is 5.40. The molecule has 18 heavy (non-hydrogen) atoms. The zero-order valence-corrected chi connectivity index (χ0v) is 10.6. The lowest BCUT2D eigenvalue weighted by atomic mass is 10.1. The van der Waals surface area contributed by atoms with Crippen LogP contribution < -0.4 is 0 Å². The first-order valence-corrected chi connectivity index (χ1v) is 5.71. The standard InChI is InChI=1S/C15H16N2O/c1-3-4-5-6-15(18)17(2)12-14-9-7-13(11-16)8-10-14/h3-10H,12H2,1-2H3/b4-3+,6-5+. The minimum atomic E-state index is -0.0440. The first kappa shape index (κ1) is 13.7. The number of allylic oxidation sites excluding steroid dienone is 3. The lowest BCUT2D eigenvalue weighted by molar-refractivity contribution is -0.125. The van der Waals surface area contributed by atoms with E-state index in [4.69, 9.17) is 5.26 Å². The molecule has 3 nitrogen and oxygen atoms in total. The Bertz CT molecular complexity index is 492. The van der Waals surface area contributed by atoms with Crippen molar-refractivity contribution in [1.29, 1.82) is 5.26 Å². The van der Waals surface area contributed by atoms with Gasteiger partial charge in [0.15, 0.2) is 0 Å². The van der Waals surface area contributed by atoms with Crippen LogP contribution >= 0.6 is 0 Å². The van der Waals surface area contributed by atoms with Gasteiger partial charge in [-0.2, -0.15) is 5.26 Å². The van der Waals surface area contributed by atoms with Gasteiger partial charge in [-0.25, -0.2) is 0 Å². The summed E-state index contributed by atoms with van der Waals surface area (Å²) in [6, 6.07) is 9.29. The predicted octanol–water partition coefficient (Wildman–Crippen LogP) is 2.65. The smallest absolute Gasteiger partial charge is 0.246 e. The highest BCUT2D eigenvalue weighted by molar-refractivity contribution is 5.87. The average molecular weight is 240 g/mol. The van der Waals surface area contributed by atoms with Gasteiger partial charge >= 0.3 is 0 Å². The van der Waals surface area contributed by atoms with Crippen molar-refractivity contribution in [1.82, 2.24) is 4.90 Å². The van der Waals surface area contributed by atoms with Crippen LogP contribution in [0.3, 0.4) is 0 Å². The molecule has 0 bridgehead atoms. The Morgan fingerprint density at radius 1 is 1.33 bits per heavy atom. The molecule has 0 fully saturated rings. The van der Waals surface area contributed by atoms with E-state index in [1.54, 1.807) is 30.2 Å². The van der Waals surface area contributed by atoms with Gasteiger partial charge in [0.25, 0.3) is 0 Å². The molecule has 0 heterocycles. The van der Waals surface area contributed by atoms with Crippen molar-refractivity contribution in [2.24, 2.45) is 0 Å². The monoisotopic (exact) mass is 240 g/mol. The molecule has 0 saturated heterocycles. The average Bonchev–Trinajstić information content (AvgIpc) is 2.39. The summed E-state index contributed by atoms with van der Waals surface area (Å²) in [5, 5.41) is 8.69. The van der Waals surface area contributed by atoms with Crippen molar-refractivity contribution in [2.45, 2.75) is 13.5 Å². The number of likely N-dealkylation sites (N-methyl/N-ethyl adjacent to an activating group) is 1. The third-order valence-electron chi connectivity index (χ3n) is 2.42. The Labute approximate surface area is 108 Å². The van der Waals surface area contributed by atoms with Gasteiger partial charge < -0.3 is 4.90 Å². The number of carbonyl (C=O) groups is 1. The van der Waals surface area contributed by atoms with E-state index in [1.165, 1.54) is 6.08 Å². The third-order valence-corrected chi connectivity index (χ3v) is 2.42. The quantitative estimate of drug-likeness (QED) is 0.600. The Hall–Kier alpha value is -2.34. The van der Waals surface area contributed by atoms with E-state index in [9.17, 15) is 4.79 Å². The van der Waals surface area contributed by atoms with Gasteiger partial charge in [-0.15, -0.1) is 0 Å². The molecule has 0 aromatic heterocycles. The van der Waals surface area contributed by atoms with Gasteiger partial charge in [0.2, 0.25) is 5.91 Å². The maximum Gasteiger partial charge on any atom is 0.246 e. The highest BCUT2D eigenvalue weighted by Gasteiger charge is 2.05. The second-order valence-corrected chi connectivity index (χ2v) is 3.89. The summed E-state index contributed by atoms with van der Waals surface area (Å²) in [6.07, 6.45) is 6.93. The van der Waals surface area contributed by atoms with Gasteiger partial charge in [-0.3, -0.25) is 4.79 Å². The highest BCUT2D eigenvalue weighted by atomic mass is 16.2. The lowest BCUT2D eigenvalue weighted by Gasteiger charge is -2.14. The van der Waals surface area contributed by atoms with Crippen molar-refractivity contribution in [3.63, 3.8) is 0 Å². The molecule has 0 saturated carbocycles. The van der Waals surface area contributed by atoms with Gasteiger partial charge in [-0.05, 0) is 24.6 Å². The number of nitrogens with zero attached hydrogens (tertiary/aromatic N) is 2. The molecule has 0 radical (unpaired) electrons. The Balaban J connectivity index is 2.61. The molecule has 0 atom stereocenters. The normalized spacial score (nSPS) is 10.7. The maximum atomic E-state index is 11.7. The second-order valence-electron chi connectivity index (χ2n) is 3.89. The zero-order chi connectivity index (χ0) is 13.4. The van der Waals surface area contributed by atoms with Crippen LogP contribution in [0.1, 0.15) is 18.1 Å². The van der Waals surface area contributed by atoms with Gasteiger partial charge in [-0.1, -0.05) is 30.4 Å². The molecule has 0 unspecified atom stereocenters. The van der Waals surface area contributed by atoms with Crippen LogP contribution in [-0.4, -0.2) is 17.9 Å². The van der Waals surface area contributed by atoms with Crippen LogP contribution in [0.25, 0.3) is 0 Å². The predicted molar refractivity (Wildman–Crippen MR) is 71.6 cm³/mol. The van der Waals surface area contributed by atoms with Gasteiger partial charge in [0.1, 0.15) is 0 Å². The number of hydrogen-bond donors (Lipinski definition) is 0. The minimum absolute atomic E-state index is 0.0440. The molecule has 1 rings (SSSR count). The number of benzene rings is 1. The van der Waals surface area contributed by atoms with Crippen LogP contribution in [0, 0.1) is 11.3 Å². The molecule has 0 aliphatic heterocycles. The first-order chi connectivity index (χ1) is 8.67. The molecule has 1 amide bonds. The topological polar surface area (TPSA) is 44.1 Å². The van der Waals surface area contributed by atoms with E-state index in [1.807, 2.05) is 31.2 Å². The molecule has 0 aliphatic rings. The summed E-state index contributed by atoms with van der Waals surface area (Å²) < 4.78 is 0. The van der Waals surface area contributed by atoms with E-state index in [2.05, 4.69) is 6.07 Å². The van der Waals surface area contributed by atoms with Crippen molar-refractivity contribution in [3.8, 4) is 6.07 Å². The molecule has 1 aromatic carbocycles. The van der Waals surface area contributed by atoms with Crippen LogP contribution in [0.4, 0.5) is 0 Å². The van der Waals surface area contributed by atoms with Crippen molar-refractivity contribution in [3.05, 3.63) is 59.7 Å². The molecule has 0 N–H and O–H groups in total. The van der Waals surface area contributed by atoms with Crippen LogP contribution in [-0.2, 0) is 11.3 Å².